The lowest BCUT2D eigenvalue weighted by molar-refractivity contribution is -0.133. The molecule has 0 bridgehead atoms. The number of alkyl halides is 1. The molecular weight excluding hydrogens is 437 g/mol. The van der Waals surface area contributed by atoms with E-state index in [2.05, 4.69) is 10.4 Å². The number of unbranched alkanes of at least 4 members (excludes halogenated alkanes) is 1. The summed E-state index contributed by atoms with van der Waals surface area (Å²) in [7, 11) is 1.50. The molecule has 0 saturated heterocycles. The number of hydrogen-bond acceptors (Lipinski definition) is 5. The molecule has 3 rings (SSSR count). The third-order valence-corrected chi connectivity index (χ3v) is 5.81. The fourth-order valence-corrected chi connectivity index (χ4v) is 3.87. The van der Waals surface area contributed by atoms with Crippen molar-refractivity contribution in [2.24, 2.45) is 11.0 Å². The molecule has 0 aliphatic carbocycles. The molecule has 1 aliphatic heterocycles. The van der Waals surface area contributed by atoms with Gasteiger partial charge in [0.05, 0.1) is 19.4 Å². The van der Waals surface area contributed by atoms with Crippen molar-refractivity contribution >= 4 is 23.2 Å². The van der Waals surface area contributed by atoms with Gasteiger partial charge in [0.1, 0.15) is 0 Å². The maximum atomic E-state index is 12.8. The first-order valence-corrected chi connectivity index (χ1v) is 11.6. The third-order valence-electron chi connectivity index (χ3n) is 5.81. The number of methoxy groups -OCH3 is 1. The number of carbonyl (C=O) groups excluding carboxylic acids is 2. The first-order chi connectivity index (χ1) is 16.5. The zero-order valence-electron chi connectivity index (χ0n) is 20.0. The number of carbonyl (C=O) groups is 2. The van der Waals surface area contributed by atoms with Gasteiger partial charge in [0.2, 0.25) is 18.7 Å². The molecule has 1 N–H and O–H groups in total. The fraction of sp³-hybridized carbons (Fsp3) is 0.423. The van der Waals surface area contributed by atoms with E-state index < -0.39 is 6.86 Å². The van der Waals surface area contributed by atoms with Crippen LogP contribution in [0.25, 0.3) is 0 Å². The van der Waals surface area contributed by atoms with Gasteiger partial charge in [0.25, 0.3) is 0 Å². The molecule has 1 atom stereocenters. The highest BCUT2D eigenvalue weighted by Gasteiger charge is 2.29. The summed E-state index contributed by atoms with van der Waals surface area (Å²) >= 11 is 0. The Hall–Kier alpha value is -3.42. The van der Waals surface area contributed by atoms with Crippen LogP contribution in [0.3, 0.4) is 0 Å². The Morgan fingerprint density at radius 2 is 1.94 bits per heavy atom. The summed E-state index contributed by atoms with van der Waals surface area (Å²) in [5.74, 6) is 0.620. The molecule has 7 nitrogen and oxygen atoms in total. The monoisotopic (exact) mass is 469 g/mol. The molecule has 0 fully saturated rings. The second kappa shape index (κ2) is 12.2. The maximum Gasteiger partial charge on any atom is 0.243 e. The van der Waals surface area contributed by atoms with E-state index in [0.717, 1.165) is 41.8 Å². The van der Waals surface area contributed by atoms with Crippen molar-refractivity contribution in [1.29, 1.82) is 0 Å². The summed E-state index contributed by atoms with van der Waals surface area (Å²) in [6.07, 6.45) is 3.41. The Labute approximate surface area is 199 Å². The first-order valence-electron chi connectivity index (χ1n) is 11.6. The van der Waals surface area contributed by atoms with E-state index in [1.165, 1.54) is 12.1 Å². The van der Waals surface area contributed by atoms with Crippen molar-refractivity contribution in [3.8, 4) is 11.5 Å². The first kappa shape index (κ1) is 25.2. The predicted octanol–water partition coefficient (Wildman–Crippen LogP) is 5.29. The van der Waals surface area contributed by atoms with Crippen LogP contribution in [0.5, 0.6) is 11.5 Å². The molecule has 1 aliphatic rings. The molecular formula is C26H32FN3O4. The number of hydrazone groups is 1. The molecule has 0 spiro atoms. The Bertz CT molecular complexity index is 1020. The third kappa shape index (κ3) is 6.34. The highest BCUT2D eigenvalue weighted by Crippen LogP contribution is 2.32. The van der Waals surface area contributed by atoms with Crippen molar-refractivity contribution < 1.29 is 23.5 Å². The van der Waals surface area contributed by atoms with Crippen molar-refractivity contribution in [2.45, 2.75) is 52.5 Å². The van der Waals surface area contributed by atoms with E-state index >= 15 is 0 Å². The van der Waals surface area contributed by atoms with Gasteiger partial charge in [-0.25, -0.2) is 9.40 Å². The zero-order valence-corrected chi connectivity index (χ0v) is 20.0. The molecule has 0 saturated carbocycles. The van der Waals surface area contributed by atoms with Gasteiger partial charge in [-0.05, 0) is 48.7 Å². The Morgan fingerprint density at radius 3 is 2.59 bits per heavy atom. The highest BCUT2D eigenvalue weighted by atomic mass is 19.1. The summed E-state index contributed by atoms with van der Waals surface area (Å²) < 4.78 is 23.2. The molecule has 0 aromatic heterocycles. The summed E-state index contributed by atoms with van der Waals surface area (Å²) in [6.45, 7) is 3.40. The second-order valence-electron chi connectivity index (χ2n) is 8.21. The van der Waals surface area contributed by atoms with E-state index in [0.29, 0.717) is 30.9 Å². The lowest BCUT2D eigenvalue weighted by Crippen LogP contribution is -2.36. The van der Waals surface area contributed by atoms with E-state index in [4.69, 9.17) is 9.47 Å². The highest BCUT2D eigenvalue weighted by molar-refractivity contribution is 6.06. The fourth-order valence-electron chi connectivity index (χ4n) is 3.87. The van der Waals surface area contributed by atoms with Crippen LogP contribution in [0.15, 0.2) is 47.6 Å². The molecule has 2 amide bonds. The normalized spacial score (nSPS) is 15.6. The van der Waals surface area contributed by atoms with Gasteiger partial charge in [0, 0.05) is 30.0 Å². The van der Waals surface area contributed by atoms with Gasteiger partial charge >= 0.3 is 0 Å². The van der Waals surface area contributed by atoms with Crippen LogP contribution in [0.4, 0.5) is 10.1 Å². The maximum absolute atomic E-state index is 12.8. The molecule has 0 radical (unpaired) electrons. The Balaban J connectivity index is 1.79. The molecule has 8 heteroatoms. The number of anilines is 1. The molecule has 2 aromatic carbocycles. The average molecular weight is 470 g/mol. The van der Waals surface area contributed by atoms with Gasteiger partial charge in [-0.2, -0.15) is 5.10 Å². The van der Waals surface area contributed by atoms with Crippen molar-refractivity contribution in [3.05, 3.63) is 53.6 Å². The number of halogens is 1. The number of hydrogen-bond donors (Lipinski definition) is 1. The van der Waals surface area contributed by atoms with Crippen LogP contribution in [0, 0.1) is 5.92 Å². The van der Waals surface area contributed by atoms with Gasteiger partial charge in [0.15, 0.2) is 11.5 Å². The molecule has 2 aromatic rings. The summed E-state index contributed by atoms with van der Waals surface area (Å²) in [4.78, 5) is 24.7. The van der Waals surface area contributed by atoms with E-state index in [-0.39, 0.29) is 17.7 Å². The topological polar surface area (TPSA) is 80.2 Å². The summed E-state index contributed by atoms with van der Waals surface area (Å²) in [5, 5.41) is 9.04. The van der Waals surface area contributed by atoms with E-state index in [1.54, 1.807) is 12.1 Å². The quantitative estimate of drug-likeness (QED) is 0.485. The number of amides is 2. The van der Waals surface area contributed by atoms with Crippen LogP contribution in [0.2, 0.25) is 0 Å². The molecule has 1 unspecified atom stereocenters. The largest absolute Gasteiger partial charge is 0.493 e. The second-order valence-corrected chi connectivity index (χ2v) is 8.21. The van der Waals surface area contributed by atoms with Crippen LogP contribution in [-0.2, 0) is 16.1 Å². The van der Waals surface area contributed by atoms with Gasteiger partial charge in [-0.1, -0.05) is 32.4 Å². The Kier molecular flexibility index (Phi) is 9.01. The van der Waals surface area contributed by atoms with Crippen molar-refractivity contribution in [3.63, 3.8) is 0 Å². The minimum Gasteiger partial charge on any atom is -0.493 e. The number of rotatable bonds is 11. The van der Waals surface area contributed by atoms with Crippen LogP contribution in [0.1, 0.15) is 57.1 Å². The lowest BCUT2D eigenvalue weighted by Gasteiger charge is -2.29. The summed E-state index contributed by atoms with van der Waals surface area (Å²) in [6, 6.07) is 12.7. The van der Waals surface area contributed by atoms with Crippen molar-refractivity contribution in [1.82, 2.24) is 5.01 Å². The zero-order chi connectivity index (χ0) is 24.5. The number of ether oxygens (including phenoxy) is 2. The smallest absolute Gasteiger partial charge is 0.243 e. The van der Waals surface area contributed by atoms with E-state index in [1.807, 2.05) is 44.2 Å². The summed E-state index contributed by atoms with van der Waals surface area (Å²) in [5.41, 5.74) is 3.14. The standard InChI is InChI=1S/C26H32FN3O4/c1-4-6-7-24(31)28-21-11-8-18(9-12-21)16-30-25(32)15-19(5-2)26(29-30)20-10-13-22(33-3)23(14-20)34-17-27/h8-14,19H,4-7,15-17H2,1-3H3,(H,28,31). The SMILES string of the molecule is CCCCC(=O)Nc1ccc(CN2N=C(c3ccc(OC)c(OCF)c3)C(CC)CC2=O)cc1. The minimum atomic E-state index is -0.969. The predicted molar refractivity (Wildman–Crippen MR) is 130 cm³/mol. The molecule has 34 heavy (non-hydrogen) atoms. The number of nitrogens with one attached hydrogen (secondary N) is 1. The number of nitrogens with zero attached hydrogens (tertiary/aromatic N) is 2. The lowest BCUT2D eigenvalue weighted by atomic mass is 9.89. The Morgan fingerprint density at radius 1 is 1.18 bits per heavy atom. The van der Waals surface area contributed by atoms with Crippen LogP contribution >= 0.6 is 0 Å². The van der Waals surface area contributed by atoms with Gasteiger partial charge in [-0.3, -0.25) is 9.59 Å². The van der Waals surface area contributed by atoms with E-state index in [9.17, 15) is 14.0 Å². The van der Waals surface area contributed by atoms with Gasteiger partial charge in [-0.15, -0.1) is 0 Å². The van der Waals surface area contributed by atoms with Crippen LogP contribution in [-0.4, -0.2) is 36.5 Å². The molecule has 1 heterocycles. The van der Waals surface area contributed by atoms with Gasteiger partial charge < -0.3 is 14.8 Å². The average Bonchev–Trinajstić information content (AvgIpc) is 2.85. The van der Waals surface area contributed by atoms with Crippen molar-refractivity contribution in [2.75, 3.05) is 19.3 Å². The number of benzene rings is 2. The molecule has 182 valence electrons. The van der Waals surface area contributed by atoms with Crippen LogP contribution < -0.4 is 14.8 Å². The minimum absolute atomic E-state index is 0.00346.